The molecule has 0 saturated carbocycles. The molecule has 2 heterocycles. The fourth-order valence-electron chi connectivity index (χ4n) is 4.85. The van der Waals surface area contributed by atoms with Crippen LogP contribution in [0.15, 0.2) is 59.6 Å². The Morgan fingerprint density at radius 2 is 1.88 bits per heavy atom. The second kappa shape index (κ2) is 11.8. The fraction of sp³-hybridized carbons (Fsp3) is 0.258. The van der Waals surface area contributed by atoms with Crippen molar-refractivity contribution in [2.75, 3.05) is 26.1 Å². The number of hydrogen-bond donors (Lipinski definition) is 1. The number of H-pyrrole nitrogens is 1. The van der Waals surface area contributed by atoms with Gasteiger partial charge >= 0.3 is 11.9 Å². The van der Waals surface area contributed by atoms with Crippen LogP contribution >= 0.6 is 11.8 Å². The number of carbonyl (C=O) groups is 3. The van der Waals surface area contributed by atoms with Crippen LogP contribution in [0.2, 0.25) is 0 Å². The third-order valence-corrected chi connectivity index (χ3v) is 7.90. The predicted octanol–water partition coefficient (Wildman–Crippen LogP) is 6.14. The highest BCUT2D eigenvalue weighted by Gasteiger charge is 2.44. The van der Waals surface area contributed by atoms with Crippen molar-refractivity contribution in [1.29, 1.82) is 0 Å². The number of para-hydroxylation sites is 1. The Balaban J connectivity index is 1.31. The average Bonchev–Trinajstić information content (AvgIpc) is 3.58. The van der Waals surface area contributed by atoms with Gasteiger partial charge < -0.3 is 23.9 Å². The predicted molar refractivity (Wildman–Crippen MR) is 151 cm³/mol. The molecule has 3 aromatic carbocycles. The van der Waals surface area contributed by atoms with Gasteiger partial charge in [0.1, 0.15) is 23.9 Å². The van der Waals surface area contributed by atoms with E-state index < -0.39 is 46.9 Å². The quantitative estimate of drug-likeness (QED) is 0.172. The first-order valence-corrected chi connectivity index (χ1v) is 14.3. The summed E-state index contributed by atoms with van der Waals surface area (Å²) >= 11 is 1.28. The van der Waals surface area contributed by atoms with Crippen LogP contribution in [0.1, 0.15) is 35.3 Å². The topological polar surface area (TPSA) is 104 Å². The van der Waals surface area contributed by atoms with Crippen molar-refractivity contribution in [3.63, 3.8) is 0 Å². The zero-order valence-electron chi connectivity index (χ0n) is 23.0. The number of ketones is 1. The summed E-state index contributed by atoms with van der Waals surface area (Å²) in [5, 5.41) is 0.748. The number of aromatic nitrogens is 1. The van der Waals surface area contributed by atoms with Crippen molar-refractivity contribution < 1.29 is 42.1 Å². The lowest BCUT2D eigenvalue weighted by Gasteiger charge is -2.21. The fourth-order valence-corrected chi connectivity index (χ4v) is 5.57. The van der Waals surface area contributed by atoms with E-state index in [1.54, 1.807) is 50.6 Å². The minimum absolute atomic E-state index is 0.0120. The Morgan fingerprint density at radius 1 is 1.07 bits per heavy atom. The second-order valence-corrected chi connectivity index (χ2v) is 10.6. The van der Waals surface area contributed by atoms with Crippen molar-refractivity contribution in [2.24, 2.45) is 0 Å². The largest absolute Gasteiger partial charge is 0.492 e. The number of thioether (sulfide) groups is 1. The molecule has 0 fully saturated rings. The number of carbonyl (C=O) groups excluding carboxylic acids is 3. The van der Waals surface area contributed by atoms with Crippen LogP contribution in [0.25, 0.3) is 10.9 Å². The van der Waals surface area contributed by atoms with Gasteiger partial charge in [-0.15, -0.1) is 11.8 Å². The summed E-state index contributed by atoms with van der Waals surface area (Å²) in [4.78, 5) is 41.6. The van der Waals surface area contributed by atoms with Crippen LogP contribution in [0.4, 0.5) is 8.78 Å². The molecule has 1 atom stereocenters. The molecule has 4 aromatic rings. The maximum Gasteiger partial charge on any atom is 0.341 e. The smallest absolute Gasteiger partial charge is 0.341 e. The summed E-state index contributed by atoms with van der Waals surface area (Å²) in [6.45, 7) is 2.93. The number of Topliss-reactive ketones (excluding diaryl/α,β-unsaturated/α-hetero) is 1. The van der Waals surface area contributed by atoms with Crippen LogP contribution in [-0.4, -0.2) is 48.8 Å². The van der Waals surface area contributed by atoms with Crippen molar-refractivity contribution in [1.82, 2.24) is 4.98 Å². The van der Waals surface area contributed by atoms with Gasteiger partial charge in [0.25, 0.3) is 0 Å². The highest BCUT2D eigenvalue weighted by molar-refractivity contribution is 7.99. The van der Waals surface area contributed by atoms with E-state index >= 15 is 0 Å². The van der Waals surface area contributed by atoms with Crippen molar-refractivity contribution in [3.05, 3.63) is 83.1 Å². The minimum Gasteiger partial charge on any atom is -0.492 e. The van der Waals surface area contributed by atoms with Gasteiger partial charge in [-0.3, -0.25) is 9.59 Å². The Hall–Kier alpha value is -4.38. The maximum atomic E-state index is 14.9. The van der Waals surface area contributed by atoms with Gasteiger partial charge in [-0.2, -0.15) is 0 Å². The molecule has 1 aromatic heterocycles. The summed E-state index contributed by atoms with van der Waals surface area (Å²) in [5.41, 5.74) is 0.0930. The summed E-state index contributed by atoms with van der Waals surface area (Å²) in [6, 6.07) is 11.6. The van der Waals surface area contributed by atoms with E-state index in [1.807, 2.05) is 0 Å². The van der Waals surface area contributed by atoms with Crippen LogP contribution in [0, 0.1) is 11.6 Å². The molecule has 0 amide bonds. The summed E-state index contributed by atoms with van der Waals surface area (Å²) in [6.07, 6.45) is 3.43. The molecule has 0 aliphatic carbocycles. The van der Waals surface area contributed by atoms with Gasteiger partial charge in [-0.1, -0.05) is 18.2 Å². The molecule has 5 rings (SSSR count). The van der Waals surface area contributed by atoms with E-state index in [0.717, 1.165) is 17.5 Å². The van der Waals surface area contributed by atoms with E-state index in [4.69, 9.17) is 18.9 Å². The summed E-state index contributed by atoms with van der Waals surface area (Å²) in [7, 11) is 0. The molecule has 0 spiro atoms. The molecule has 1 aliphatic heterocycles. The number of nitrogens with one attached hydrogen (secondary N) is 1. The number of ether oxygens (including phenoxy) is 4. The lowest BCUT2D eigenvalue weighted by atomic mass is 9.80. The second-order valence-electron chi connectivity index (χ2n) is 9.80. The van der Waals surface area contributed by atoms with Crippen molar-refractivity contribution in [2.45, 2.75) is 30.6 Å². The van der Waals surface area contributed by atoms with Gasteiger partial charge in [0, 0.05) is 34.3 Å². The van der Waals surface area contributed by atoms with Crippen molar-refractivity contribution >= 4 is 40.4 Å². The molecule has 0 saturated heterocycles. The molecule has 42 heavy (non-hydrogen) atoms. The van der Waals surface area contributed by atoms with Crippen LogP contribution in [-0.2, 0) is 30.9 Å². The van der Waals surface area contributed by atoms with Crippen molar-refractivity contribution in [3.8, 4) is 17.2 Å². The van der Waals surface area contributed by atoms with E-state index in [1.165, 1.54) is 23.9 Å². The van der Waals surface area contributed by atoms with Crippen LogP contribution in [0.5, 0.6) is 17.2 Å². The van der Waals surface area contributed by atoms with Crippen LogP contribution < -0.4 is 9.47 Å². The zero-order valence-corrected chi connectivity index (χ0v) is 23.9. The molecule has 0 bridgehead atoms. The standard InChI is InChI=1S/C31H27F2NO7S/c1-4-38-26(36)12-17-6-5-7-21-27(17)40-16-31(21,2)25(35)15-39-30(37)20-13-18(8-9-22(20)32)41-28-23(33)14-24-19(10-11-34-24)29(28)42-3/h5-11,13-14,34H,4,12,15-16H2,1-3H3. The average molecular weight is 596 g/mol. The van der Waals surface area contributed by atoms with E-state index in [-0.39, 0.29) is 31.1 Å². The Labute approximate surface area is 244 Å². The molecular formula is C31H27F2NO7S. The number of fused-ring (bicyclic) bond motifs is 2. The number of benzene rings is 3. The summed E-state index contributed by atoms with van der Waals surface area (Å²) in [5.74, 6) is -3.14. The van der Waals surface area contributed by atoms with Gasteiger partial charge in [-0.25, -0.2) is 13.6 Å². The third kappa shape index (κ3) is 5.44. The minimum atomic E-state index is -1.16. The number of halogens is 2. The number of rotatable bonds is 10. The molecule has 1 aliphatic rings. The molecule has 1 unspecified atom stereocenters. The normalized spacial score (nSPS) is 15.6. The molecule has 1 N–H and O–H groups in total. The molecule has 11 heteroatoms. The number of esters is 2. The number of hydrogen-bond acceptors (Lipinski definition) is 8. The Kier molecular flexibility index (Phi) is 8.22. The van der Waals surface area contributed by atoms with Gasteiger partial charge in [0.05, 0.1) is 28.9 Å². The van der Waals surface area contributed by atoms with Gasteiger partial charge in [-0.05, 0) is 44.4 Å². The highest BCUT2D eigenvalue weighted by atomic mass is 32.2. The van der Waals surface area contributed by atoms with E-state index in [9.17, 15) is 23.2 Å². The Morgan fingerprint density at radius 3 is 2.64 bits per heavy atom. The maximum absolute atomic E-state index is 14.9. The third-order valence-electron chi connectivity index (χ3n) is 7.09. The summed E-state index contributed by atoms with van der Waals surface area (Å²) < 4.78 is 51.4. The Bertz CT molecular complexity index is 1700. The first-order valence-electron chi connectivity index (χ1n) is 13.1. The zero-order chi connectivity index (χ0) is 30.0. The molecular weight excluding hydrogens is 568 g/mol. The van der Waals surface area contributed by atoms with Gasteiger partial charge in [0.15, 0.2) is 24.0 Å². The van der Waals surface area contributed by atoms with Gasteiger partial charge in [0.2, 0.25) is 0 Å². The lowest BCUT2D eigenvalue weighted by Crippen LogP contribution is -2.37. The lowest BCUT2D eigenvalue weighted by molar-refractivity contribution is -0.142. The van der Waals surface area contributed by atoms with E-state index in [0.29, 0.717) is 27.3 Å². The monoisotopic (exact) mass is 595 g/mol. The number of aromatic amines is 1. The molecule has 0 radical (unpaired) electrons. The highest BCUT2D eigenvalue weighted by Crippen LogP contribution is 2.42. The molecule has 218 valence electrons. The molecule has 8 nitrogen and oxygen atoms in total. The first kappa shape index (κ1) is 29.1. The van der Waals surface area contributed by atoms with Crippen LogP contribution in [0.3, 0.4) is 0 Å². The SMILES string of the molecule is CCOC(=O)Cc1cccc2c1OCC2(C)C(=O)COC(=O)c1cc(Oc2c(F)cc3[nH]ccc3c2SC)ccc1F. The first-order chi connectivity index (χ1) is 20.2. The van der Waals surface area contributed by atoms with E-state index in [2.05, 4.69) is 4.98 Å².